The van der Waals surface area contributed by atoms with Crippen molar-refractivity contribution in [1.82, 2.24) is 4.72 Å². The van der Waals surface area contributed by atoms with Crippen molar-refractivity contribution >= 4 is 15.8 Å². The zero-order valence-corrected chi connectivity index (χ0v) is 20.5. The minimum absolute atomic E-state index is 0.142. The third-order valence-corrected chi connectivity index (χ3v) is 7.52. The molecule has 2 N–H and O–H groups in total. The number of hydrogen-bond acceptors (Lipinski definition) is 4. The van der Waals surface area contributed by atoms with Crippen LogP contribution in [0.4, 0.5) is 0 Å². The third kappa shape index (κ3) is 6.86. The van der Waals surface area contributed by atoms with Gasteiger partial charge in [-0.05, 0) is 43.9 Å². The Balaban J connectivity index is 1.91. The molecule has 3 aromatic carbocycles. The second-order valence-electron chi connectivity index (χ2n) is 8.68. The Morgan fingerprint density at radius 3 is 2.06 bits per heavy atom. The molecule has 3 atom stereocenters. The molecule has 0 amide bonds. The van der Waals surface area contributed by atoms with Gasteiger partial charge in [0.1, 0.15) is 0 Å². The van der Waals surface area contributed by atoms with Crippen LogP contribution >= 0.6 is 0 Å². The lowest BCUT2D eigenvalue weighted by Gasteiger charge is -2.31. The number of hydrogen-bond donors (Lipinski definition) is 2. The van der Waals surface area contributed by atoms with Gasteiger partial charge in [-0.25, -0.2) is 13.1 Å². The molecular formula is C28H33NO4S. The standard InChI is InChI=1S/C28H33NO4S/c1-3-10-25(29-34(32,33)24-18-15-21(2)16-19-24)27(28(31)23-13-8-5-9-14-23)26(30)20-17-22-11-6-4-7-12-22/h4-9,11-16,18-19,25-27,29-30H,3,10,17,20H2,1-2H3/t25-,26+,27+/m0/s1. The van der Waals surface area contributed by atoms with Crippen LogP contribution in [0.25, 0.3) is 0 Å². The number of aryl methyl sites for hydroxylation is 2. The first-order valence-corrected chi connectivity index (χ1v) is 13.2. The average molecular weight is 480 g/mol. The summed E-state index contributed by atoms with van der Waals surface area (Å²) in [7, 11) is -3.87. The van der Waals surface area contributed by atoms with E-state index in [1.807, 2.05) is 50.2 Å². The smallest absolute Gasteiger partial charge is 0.240 e. The number of sulfonamides is 1. The lowest BCUT2D eigenvalue weighted by atomic mass is 9.82. The lowest BCUT2D eigenvalue weighted by molar-refractivity contribution is 0.0563. The molecule has 0 bridgehead atoms. The molecule has 0 fully saturated rings. The summed E-state index contributed by atoms with van der Waals surface area (Å²) in [6.45, 7) is 3.83. The zero-order chi connectivity index (χ0) is 24.6. The average Bonchev–Trinajstić information content (AvgIpc) is 2.84. The number of carbonyl (C=O) groups excluding carboxylic acids is 1. The quantitative estimate of drug-likeness (QED) is 0.361. The van der Waals surface area contributed by atoms with E-state index < -0.39 is 28.1 Å². The van der Waals surface area contributed by atoms with Crippen molar-refractivity contribution in [2.45, 2.75) is 56.6 Å². The molecule has 0 aliphatic rings. The van der Waals surface area contributed by atoms with E-state index in [0.717, 1.165) is 11.1 Å². The van der Waals surface area contributed by atoms with Crippen LogP contribution in [0.1, 0.15) is 47.7 Å². The minimum Gasteiger partial charge on any atom is -0.392 e. The topological polar surface area (TPSA) is 83.5 Å². The van der Waals surface area contributed by atoms with E-state index >= 15 is 0 Å². The number of carbonyl (C=O) groups is 1. The highest BCUT2D eigenvalue weighted by atomic mass is 32.2. The van der Waals surface area contributed by atoms with Crippen LogP contribution in [0.3, 0.4) is 0 Å². The van der Waals surface area contributed by atoms with Gasteiger partial charge in [0.15, 0.2) is 5.78 Å². The highest BCUT2D eigenvalue weighted by molar-refractivity contribution is 7.89. The first kappa shape index (κ1) is 25.8. The monoisotopic (exact) mass is 479 g/mol. The Morgan fingerprint density at radius 1 is 0.882 bits per heavy atom. The molecule has 5 nitrogen and oxygen atoms in total. The number of nitrogens with one attached hydrogen (secondary N) is 1. The molecule has 3 aromatic rings. The van der Waals surface area contributed by atoms with Crippen LogP contribution in [0, 0.1) is 12.8 Å². The van der Waals surface area contributed by atoms with E-state index in [-0.39, 0.29) is 10.7 Å². The fraction of sp³-hybridized carbons (Fsp3) is 0.321. The first-order valence-electron chi connectivity index (χ1n) is 11.7. The van der Waals surface area contributed by atoms with E-state index in [2.05, 4.69) is 4.72 Å². The van der Waals surface area contributed by atoms with Crippen molar-refractivity contribution in [2.75, 3.05) is 0 Å². The van der Waals surface area contributed by atoms with Crippen molar-refractivity contribution in [1.29, 1.82) is 0 Å². The van der Waals surface area contributed by atoms with Gasteiger partial charge in [0, 0.05) is 11.6 Å². The van der Waals surface area contributed by atoms with Crippen molar-refractivity contribution < 1.29 is 18.3 Å². The van der Waals surface area contributed by atoms with Gasteiger partial charge in [0.05, 0.1) is 16.9 Å². The second kappa shape index (κ2) is 12.1. The van der Waals surface area contributed by atoms with Crippen LogP contribution in [-0.2, 0) is 16.4 Å². The predicted octanol–water partition coefficient (Wildman–Crippen LogP) is 4.93. The summed E-state index contributed by atoms with van der Waals surface area (Å²) in [4.78, 5) is 13.7. The van der Waals surface area contributed by atoms with Gasteiger partial charge in [0.2, 0.25) is 10.0 Å². The maximum atomic E-state index is 13.6. The molecule has 3 rings (SSSR count). The normalized spacial score (nSPS) is 14.3. The number of aliphatic hydroxyl groups is 1. The molecule has 0 heterocycles. The molecule has 0 saturated heterocycles. The van der Waals surface area contributed by atoms with Crippen molar-refractivity contribution in [3.63, 3.8) is 0 Å². The molecule has 0 aliphatic heterocycles. The van der Waals surface area contributed by atoms with Crippen LogP contribution in [0.15, 0.2) is 89.8 Å². The highest BCUT2D eigenvalue weighted by Gasteiger charge is 2.37. The van der Waals surface area contributed by atoms with Gasteiger partial charge >= 0.3 is 0 Å². The Labute approximate surface area is 202 Å². The fourth-order valence-corrected chi connectivity index (χ4v) is 5.46. The molecule has 6 heteroatoms. The fourth-order valence-electron chi connectivity index (χ4n) is 4.17. The molecular weight excluding hydrogens is 446 g/mol. The van der Waals surface area contributed by atoms with E-state index in [9.17, 15) is 18.3 Å². The molecule has 0 radical (unpaired) electrons. The minimum atomic E-state index is -3.87. The Morgan fingerprint density at radius 2 is 1.47 bits per heavy atom. The Hall–Kier alpha value is -2.80. The van der Waals surface area contributed by atoms with Crippen molar-refractivity contribution in [2.24, 2.45) is 5.92 Å². The van der Waals surface area contributed by atoms with Gasteiger partial charge in [0.25, 0.3) is 0 Å². The van der Waals surface area contributed by atoms with E-state index in [0.29, 0.717) is 31.2 Å². The SMILES string of the molecule is CCC[C@H](NS(=O)(=O)c1ccc(C)cc1)[C@@H](C(=O)c1ccccc1)[C@H](O)CCc1ccccc1. The van der Waals surface area contributed by atoms with Gasteiger partial charge in [-0.3, -0.25) is 4.79 Å². The van der Waals surface area contributed by atoms with Crippen LogP contribution in [-0.4, -0.2) is 31.5 Å². The number of Topliss-reactive ketones (excluding diaryl/α,β-unsaturated/α-hetero) is 1. The highest BCUT2D eigenvalue weighted by Crippen LogP contribution is 2.25. The van der Waals surface area contributed by atoms with Crippen molar-refractivity contribution in [3.8, 4) is 0 Å². The van der Waals surface area contributed by atoms with Gasteiger partial charge in [-0.15, -0.1) is 0 Å². The number of aliphatic hydroxyl groups excluding tert-OH is 1. The maximum Gasteiger partial charge on any atom is 0.240 e. The van der Waals surface area contributed by atoms with Crippen LogP contribution < -0.4 is 4.72 Å². The third-order valence-electron chi connectivity index (χ3n) is 6.02. The van der Waals surface area contributed by atoms with E-state index in [1.54, 1.807) is 48.5 Å². The maximum absolute atomic E-state index is 13.6. The molecule has 0 aliphatic carbocycles. The molecule has 0 aromatic heterocycles. The molecule has 34 heavy (non-hydrogen) atoms. The van der Waals surface area contributed by atoms with Crippen LogP contribution in [0.5, 0.6) is 0 Å². The summed E-state index contributed by atoms with van der Waals surface area (Å²) in [6.07, 6.45) is 1.01. The summed E-state index contributed by atoms with van der Waals surface area (Å²) in [5.74, 6) is -1.17. The largest absolute Gasteiger partial charge is 0.392 e. The summed E-state index contributed by atoms with van der Waals surface area (Å²) in [6, 6.07) is 24.4. The molecule has 0 unspecified atom stereocenters. The van der Waals surface area contributed by atoms with E-state index in [1.165, 1.54) is 0 Å². The lowest BCUT2D eigenvalue weighted by Crippen LogP contribution is -2.48. The van der Waals surface area contributed by atoms with Gasteiger partial charge in [-0.1, -0.05) is 91.7 Å². The number of ketones is 1. The predicted molar refractivity (Wildman–Crippen MR) is 135 cm³/mol. The van der Waals surface area contributed by atoms with Gasteiger partial charge < -0.3 is 5.11 Å². The van der Waals surface area contributed by atoms with Crippen LogP contribution in [0.2, 0.25) is 0 Å². The van der Waals surface area contributed by atoms with Crippen molar-refractivity contribution in [3.05, 3.63) is 102 Å². The van der Waals surface area contributed by atoms with E-state index in [4.69, 9.17) is 0 Å². The summed E-state index contributed by atoms with van der Waals surface area (Å²) in [5, 5.41) is 11.2. The first-order chi connectivity index (χ1) is 16.3. The number of rotatable bonds is 12. The number of benzene rings is 3. The molecule has 0 saturated carbocycles. The summed E-state index contributed by atoms with van der Waals surface area (Å²) >= 11 is 0. The Bertz CT molecular complexity index is 1150. The zero-order valence-electron chi connectivity index (χ0n) is 19.7. The summed E-state index contributed by atoms with van der Waals surface area (Å²) < 4.78 is 29.1. The molecule has 180 valence electrons. The molecule has 0 spiro atoms. The van der Waals surface area contributed by atoms with Gasteiger partial charge in [-0.2, -0.15) is 0 Å². The second-order valence-corrected chi connectivity index (χ2v) is 10.4. The summed E-state index contributed by atoms with van der Waals surface area (Å²) in [5.41, 5.74) is 2.47. The Kier molecular flexibility index (Phi) is 9.16.